The van der Waals surface area contributed by atoms with E-state index in [9.17, 15) is 23.1 Å². The van der Waals surface area contributed by atoms with E-state index in [1.807, 2.05) is 6.92 Å². The first-order valence-corrected chi connectivity index (χ1v) is 6.81. The van der Waals surface area contributed by atoms with Crippen molar-refractivity contribution in [2.75, 3.05) is 26.2 Å². The van der Waals surface area contributed by atoms with Gasteiger partial charge in [-0.2, -0.15) is 13.2 Å². The van der Waals surface area contributed by atoms with Crippen LogP contribution in [0.25, 0.3) is 0 Å². The lowest BCUT2D eigenvalue weighted by molar-refractivity contribution is -0.143. The van der Waals surface area contributed by atoms with Gasteiger partial charge in [-0.15, -0.1) is 0 Å². The Morgan fingerprint density at radius 2 is 2.20 bits per heavy atom. The second-order valence-electron chi connectivity index (χ2n) is 5.13. The second kappa shape index (κ2) is 7.68. The highest BCUT2D eigenvalue weighted by molar-refractivity contribution is 5.74. The highest BCUT2D eigenvalue weighted by Crippen LogP contribution is 2.19. The molecule has 0 saturated carbocycles. The van der Waals surface area contributed by atoms with Gasteiger partial charge in [0.2, 0.25) is 0 Å². The number of hydrogen-bond donors (Lipinski definition) is 3. The van der Waals surface area contributed by atoms with Crippen molar-refractivity contribution in [3.63, 3.8) is 0 Å². The minimum absolute atomic E-state index is 0.151. The van der Waals surface area contributed by atoms with E-state index in [2.05, 4.69) is 10.6 Å². The number of nitrogens with one attached hydrogen (secondary N) is 2. The van der Waals surface area contributed by atoms with Gasteiger partial charge < -0.3 is 15.7 Å². The van der Waals surface area contributed by atoms with E-state index in [1.165, 1.54) is 4.90 Å². The number of amides is 2. The predicted octanol–water partition coefficient (Wildman–Crippen LogP) is 1.08. The Labute approximate surface area is 116 Å². The standard InChI is InChI=1S/C12H22F3N3O2/c1-2-3-10(19)6-16-11(20)17-9-4-5-18(7-9)8-12(13,14)15/h9-10,19H,2-8H2,1H3,(H2,16,17,20). The molecule has 2 unspecified atom stereocenters. The summed E-state index contributed by atoms with van der Waals surface area (Å²) in [7, 11) is 0. The lowest BCUT2D eigenvalue weighted by Gasteiger charge is -2.18. The van der Waals surface area contributed by atoms with Crippen LogP contribution in [-0.2, 0) is 0 Å². The van der Waals surface area contributed by atoms with Crippen LogP contribution in [0, 0.1) is 0 Å². The number of aliphatic hydroxyl groups is 1. The zero-order chi connectivity index (χ0) is 15.2. The van der Waals surface area contributed by atoms with Crippen molar-refractivity contribution in [2.24, 2.45) is 0 Å². The highest BCUT2D eigenvalue weighted by atomic mass is 19.4. The lowest BCUT2D eigenvalue weighted by Crippen LogP contribution is -2.45. The first-order valence-electron chi connectivity index (χ1n) is 6.81. The maximum absolute atomic E-state index is 12.2. The molecule has 8 heteroatoms. The molecule has 1 rings (SSSR count). The molecule has 0 aromatic heterocycles. The molecule has 0 aromatic carbocycles. The first kappa shape index (κ1) is 17.0. The van der Waals surface area contributed by atoms with Crippen molar-refractivity contribution < 1.29 is 23.1 Å². The van der Waals surface area contributed by atoms with Gasteiger partial charge in [-0.05, 0) is 12.8 Å². The van der Waals surface area contributed by atoms with E-state index >= 15 is 0 Å². The fourth-order valence-corrected chi connectivity index (χ4v) is 2.23. The monoisotopic (exact) mass is 297 g/mol. The van der Waals surface area contributed by atoms with Crippen molar-refractivity contribution in [3.8, 4) is 0 Å². The normalized spacial score (nSPS) is 21.8. The quantitative estimate of drug-likeness (QED) is 0.687. The number of hydrogen-bond acceptors (Lipinski definition) is 3. The Morgan fingerprint density at radius 1 is 1.50 bits per heavy atom. The van der Waals surface area contributed by atoms with Gasteiger partial charge in [-0.25, -0.2) is 4.79 Å². The minimum Gasteiger partial charge on any atom is -0.391 e. The maximum atomic E-state index is 12.2. The van der Waals surface area contributed by atoms with Crippen LogP contribution in [0.5, 0.6) is 0 Å². The number of rotatable bonds is 6. The molecule has 3 N–H and O–H groups in total. The van der Waals surface area contributed by atoms with E-state index in [-0.39, 0.29) is 19.1 Å². The van der Waals surface area contributed by atoms with Crippen molar-refractivity contribution in [1.82, 2.24) is 15.5 Å². The number of nitrogens with zero attached hydrogens (tertiary/aromatic N) is 1. The zero-order valence-corrected chi connectivity index (χ0v) is 11.5. The number of carbonyl (C=O) groups is 1. The summed E-state index contributed by atoms with van der Waals surface area (Å²) in [5.74, 6) is 0. The number of carbonyl (C=O) groups excluding carboxylic acids is 1. The lowest BCUT2D eigenvalue weighted by atomic mass is 10.2. The molecule has 20 heavy (non-hydrogen) atoms. The molecule has 0 aliphatic carbocycles. The highest BCUT2D eigenvalue weighted by Gasteiger charge is 2.34. The van der Waals surface area contributed by atoms with Gasteiger partial charge in [0, 0.05) is 25.7 Å². The molecule has 1 heterocycles. The molecule has 0 spiro atoms. The average molecular weight is 297 g/mol. The van der Waals surface area contributed by atoms with Crippen molar-refractivity contribution in [1.29, 1.82) is 0 Å². The van der Waals surface area contributed by atoms with Gasteiger partial charge in [0.25, 0.3) is 0 Å². The van der Waals surface area contributed by atoms with E-state index < -0.39 is 24.9 Å². The molecule has 2 atom stereocenters. The molecular formula is C12H22F3N3O2. The molecule has 1 aliphatic rings. The molecule has 0 aromatic rings. The van der Waals surface area contributed by atoms with E-state index in [4.69, 9.17) is 0 Å². The fraction of sp³-hybridized carbons (Fsp3) is 0.917. The number of urea groups is 1. The molecular weight excluding hydrogens is 275 g/mol. The summed E-state index contributed by atoms with van der Waals surface area (Å²) in [4.78, 5) is 12.8. The Morgan fingerprint density at radius 3 is 2.80 bits per heavy atom. The van der Waals surface area contributed by atoms with Gasteiger partial charge in [-0.3, -0.25) is 4.90 Å². The Kier molecular flexibility index (Phi) is 6.54. The van der Waals surface area contributed by atoms with Gasteiger partial charge in [0.05, 0.1) is 12.6 Å². The molecule has 1 saturated heterocycles. The number of halogens is 3. The van der Waals surface area contributed by atoms with Crippen LogP contribution in [0.2, 0.25) is 0 Å². The molecule has 5 nitrogen and oxygen atoms in total. The number of alkyl halides is 3. The maximum Gasteiger partial charge on any atom is 0.401 e. The molecule has 118 valence electrons. The summed E-state index contributed by atoms with van der Waals surface area (Å²) in [5.41, 5.74) is 0. The molecule has 1 fully saturated rings. The SMILES string of the molecule is CCCC(O)CNC(=O)NC1CCN(CC(F)(F)F)C1. The summed E-state index contributed by atoms with van der Waals surface area (Å²) in [6, 6.07) is -0.723. The van der Waals surface area contributed by atoms with Crippen molar-refractivity contribution >= 4 is 6.03 Å². The Bertz CT molecular complexity index is 313. The van der Waals surface area contributed by atoms with Gasteiger partial charge >= 0.3 is 12.2 Å². The molecule has 1 aliphatic heterocycles. The van der Waals surface area contributed by atoms with Crippen LogP contribution in [-0.4, -0.2) is 60.5 Å². The summed E-state index contributed by atoms with van der Waals surface area (Å²) in [6.07, 6.45) is -2.87. The molecule has 0 bridgehead atoms. The van der Waals surface area contributed by atoms with Gasteiger partial charge in [0.1, 0.15) is 0 Å². The Hall–Kier alpha value is -1.02. The zero-order valence-electron chi connectivity index (χ0n) is 11.5. The van der Waals surface area contributed by atoms with Crippen molar-refractivity contribution in [3.05, 3.63) is 0 Å². The third-order valence-electron chi connectivity index (χ3n) is 3.13. The third kappa shape index (κ3) is 6.95. The van der Waals surface area contributed by atoms with Crippen LogP contribution >= 0.6 is 0 Å². The second-order valence-corrected chi connectivity index (χ2v) is 5.13. The smallest absolute Gasteiger partial charge is 0.391 e. The summed E-state index contributed by atoms with van der Waals surface area (Å²) in [5, 5.41) is 14.6. The van der Waals surface area contributed by atoms with Crippen LogP contribution in [0.3, 0.4) is 0 Å². The number of aliphatic hydroxyl groups excluding tert-OH is 1. The van der Waals surface area contributed by atoms with Crippen LogP contribution < -0.4 is 10.6 Å². The fourth-order valence-electron chi connectivity index (χ4n) is 2.23. The van der Waals surface area contributed by atoms with Crippen LogP contribution in [0.15, 0.2) is 0 Å². The molecule has 0 radical (unpaired) electrons. The van der Waals surface area contributed by atoms with Crippen LogP contribution in [0.1, 0.15) is 26.2 Å². The minimum atomic E-state index is -4.21. The van der Waals surface area contributed by atoms with Gasteiger partial charge in [-0.1, -0.05) is 13.3 Å². The van der Waals surface area contributed by atoms with Gasteiger partial charge in [0.15, 0.2) is 0 Å². The average Bonchev–Trinajstić information content (AvgIpc) is 2.71. The largest absolute Gasteiger partial charge is 0.401 e. The van der Waals surface area contributed by atoms with E-state index in [1.54, 1.807) is 0 Å². The summed E-state index contributed by atoms with van der Waals surface area (Å²) in [6.45, 7) is 1.66. The van der Waals surface area contributed by atoms with Crippen molar-refractivity contribution in [2.45, 2.75) is 44.5 Å². The summed E-state index contributed by atoms with van der Waals surface area (Å²) < 4.78 is 36.6. The Balaban J connectivity index is 2.20. The topological polar surface area (TPSA) is 64.6 Å². The third-order valence-corrected chi connectivity index (χ3v) is 3.13. The van der Waals surface area contributed by atoms with Crippen LogP contribution in [0.4, 0.5) is 18.0 Å². The van der Waals surface area contributed by atoms with E-state index in [0.29, 0.717) is 19.4 Å². The summed E-state index contributed by atoms with van der Waals surface area (Å²) >= 11 is 0. The molecule has 2 amide bonds. The van der Waals surface area contributed by atoms with E-state index in [0.717, 1.165) is 6.42 Å². The first-order chi connectivity index (χ1) is 9.30. The number of likely N-dealkylation sites (tertiary alicyclic amines) is 1. The predicted molar refractivity (Wildman–Crippen MR) is 68.3 cm³/mol.